The van der Waals surface area contributed by atoms with E-state index < -0.39 is 0 Å². The Labute approximate surface area is 123 Å². The topological polar surface area (TPSA) is 41.3 Å². The van der Waals surface area contributed by atoms with E-state index in [2.05, 4.69) is 40.5 Å². The molecule has 21 heavy (non-hydrogen) atoms. The minimum absolute atomic E-state index is 0.753. The molecule has 3 nitrogen and oxygen atoms in total. The van der Waals surface area contributed by atoms with Crippen LogP contribution >= 0.6 is 0 Å². The number of nitrogens with one attached hydrogen (secondary N) is 1. The van der Waals surface area contributed by atoms with Gasteiger partial charge in [0.05, 0.1) is 28.4 Å². The molecule has 3 aromatic carbocycles. The van der Waals surface area contributed by atoms with Crippen molar-refractivity contribution < 1.29 is 0 Å². The third kappa shape index (κ3) is 1.82. The molecule has 0 saturated carbocycles. The number of hydrogen-bond acceptors (Lipinski definition) is 3. The molecule has 0 spiro atoms. The highest BCUT2D eigenvalue weighted by Gasteiger charge is 2.24. The Kier molecular flexibility index (Phi) is 2.57. The van der Waals surface area contributed by atoms with Crippen molar-refractivity contribution in [3.8, 4) is 0 Å². The van der Waals surface area contributed by atoms with Crippen molar-refractivity contribution in [3.63, 3.8) is 0 Å². The van der Waals surface area contributed by atoms with Gasteiger partial charge < -0.3 is 16.0 Å². The van der Waals surface area contributed by atoms with Crippen LogP contribution in [0, 0.1) is 0 Å². The predicted octanol–water partition coefficient (Wildman–Crippen LogP) is 4.80. The van der Waals surface area contributed by atoms with E-state index in [4.69, 9.17) is 5.73 Å². The van der Waals surface area contributed by atoms with Crippen LogP contribution in [-0.4, -0.2) is 0 Å². The monoisotopic (exact) mass is 273 g/mol. The van der Waals surface area contributed by atoms with Gasteiger partial charge in [0, 0.05) is 5.69 Å². The summed E-state index contributed by atoms with van der Waals surface area (Å²) in [6.45, 7) is 0. The molecule has 0 bridgehead atoms. The number of para-hydroxylation sites is 4. The van der Waals surface area contributed by atoms with Crippen LogP contribution in [0.25, 0.3) is 0 Å². The van der Waals surface area contributed by atoms with E-state index in [9.17, 15) is 0 Å². The Bertz CT molecular complexity index is 797. The number of benzene rings is 3. The molecule has 3 N–H and O–H groups in total. The first-order chi connectivity index (χ1) is 10.3. The average Bonchev–Trinajstić information content (AvgIpc) is 2.54. The van der Waals surface area contributed by atoms with E-state index in [1.807, 2.05) is 42.5 Å². The van der Waals surface area contributed by atoms with Gasteiger partial charge in [0.15, 0.2) is 0 Å². The SMILES string of the molecule is Nc1cccc2c1Nc1ccccc1N2c1ccccc1. The van der Waals surface area contributed by atoms with Crippen LogP contribution in [-0.2, 0) is 0 Å². The lowest BCUT2D eigenvalue weighted by Crippen LogP contribution is -2.18. The summed E-state index contributed by atoms with van der Waals surface area (Å²) < 4.78 is 0. The molecule has 1 aliphatic heterocycles. The number of anilines is 6. The zero-order valence-electron chi connectivity index (χ0n) is 11.5. The zero-order valence-corrected chi connectivity index (χ0v) is 11.5. The Hall–Kier alpha value is -2.94. The normalized spacial score (nSPS) is 12.3. The highest BCUT2D eigenvalue weighted by molar-refractivity contribution is 6.00. The molecule has 1 aliphatic rings. The molecular weight excluding hydrogens is 258 g/mol. The fourth-order valence-electron chi connectivity index (χ4n) is 2.77. The summed E-state index contributed by atoms with van der Waals surface area (Å²) in [6, 6.07) is 24.6. The Morgan fingerprint density at radius 3 is 2.29 bits per heavy atom. The van der Waals surface area contributed by atoms with Crippen LogP contribution in [0.3, 0.4) is 0 Å². The first kappa shape index (κ1) is 11.9. The highest BCUT2D eigenvalue weighted by atomic mass is 15.2. The van der Waals surface area contributed by atoms with Gasteiger partial charge in [-0.05, 0) is 36.4 Å². The lowest BCUT2D eigenvalue weighted by Gasteiger charge is -2.34. The summed E-state index contributed by atoms with van der Waals surface area (Å²) >= 11 is 0. The minimum atomic E-state index is 0.753. The molecule has 0 saturated heterocycles. The number of hydrogen-bond donors (Lipinski definition) is 2. The van der Waals surface area contributed by atoms with Gasteiger partial charge in [-0.3, -0.25) is 0 Å². The molecule has 0 aliphatic carbocycles. The number of nitrogens with two attached hydrogens (primary N) is 1. The first-order valence-electron chi connectivity index (χ1n) is 6.94. The summed E-state index contributed by atoms with van der Waals surface area (Å²) in [5.74, 6) is 0. The van der Waals surface area contributed by atoms with Gasteiger partial charge in [0.2, 0.25) is 0 Å². The van der Waals surface area contributed by atoms with Gasteiger partial charge in [-0.15, -0.1) is 0 Å². The molecule has 102 valence electrons. The van der Waals surface area contributed by atoms with Gasteiger partial charge in [-0.25, -0.2) is 0 Å². The summed E-state index contributed by atoms with van der Waals surface area (Å²) in [5, 5.41) is 3.44. The van der Waals surface area contributed by atoms with Crippen molar-refractivity contribution in [2.45, 2.75) is 0 Å². The third-order valence-corrected chi connectivity index (χ3v) is 3.73. The Balaban J connectivity index is 2.00. The van der Waals surface area contributed by atoms with Gasteiger partial charge in [0.1, 0.15) is 0 Å². The zero-order chi connectivity index (χ0) is 14.2. The van der Waals surface area contributed by atoms with Crippen molar-refractivity contribution in [2.75, 3.05) is 16.0 Å². The summed E-state index contributed by atoms with van der Waals surface area (Å²) in [7, 11) is 0. The first-order valence-corrected chi connectivity index (χ1v) is 6.94. The highest BCUT2D eigenvalue weighted by Crippen LogP contribution is 2.49. The fourth-order valence-corrected chi connectivity index (χ4v) is 2.77. The fraction of sp³-hybridized carbons (Fsp3) is 0. The number of nitrogen functional groups attached to an aromatic ring is 1. The van der Waals surface area contributed by atoms with Crippen molar-refractivity contribution in [3.05, 3.63) is 72.8 Å². The Morgan fingerprint density at radius 2 is 1.43 bits per heavy atom. The lowest BCUT2D eigenvalue weighted by atomic mass is 10.1. The maximum Gasteiger partial charge on any atom is 0.0863 e. The van der Waals surface area contributed by atoms with E-state index >= 15 is 0 Å². The third-order valence-electron chi connectivity index (χ3n) is 3.73. The van der Waals surface area contributed by atoms with Crippen LogP contribution in [0.15, 0.2) is 72.8 Å². The second kappa shape index (κ2) is 4.56. The number of nitrogens with zero attached hydrogens (tertiary/aromatic N) is 1. The van der Waals surface area contributed by atoms with Crippen LogP contribution in [0.1, 0.15) is 0 Å². The smallest absolute Gasteiger partial charge is 0.0863 e. The van der Waals surface area contributed by atoms with Crippen LogP contribution in [0.4, 0.5) is 34.1 Å². The van der Waals surface area contributed by atoms with Gasteiger partial charge in [-0.1, -0.05) is 36.4 Å². The molecule has 0 amide bonds. The van der Waals surface area contributed by atoms with Crippen molar-refractivity contribution in [1.82, 2.24) is 0 Å². The summed E-state index contributed by atoms with van der Waals surface area (Å²) in [6.07, 6.45) is 0. The lowest BCUT2D eigenvalue weighted by molar-refractivity contribution is 1.25. The summed E-state index contributed by atoms with van der Waals surface area (Å²) in [4.78, 5) is 2.23. The molecule has 0 aromatic heterocycles. The van der Waals surface area contributed by atoms with Gasteiger partial charge in [0.25, 0.3) is 0 Å². The minimum Gasteiger partial charge on any atom is -0.397 e. The second-order valence-electron chi connectivity index (χ2n) is 5.05. The van der Waals surface area contributed by atoms with Crippen LogP contribution < -0.4 is 16.0 Å². The quantitative estimate of drug-likeness (QED) is 0.490. The largest absolute Gasteiger partial charge is 0.397 e. The van der Waals surface area contributed by atoms with E-state index in [0.717, 1.165) is 34.1 Å². The molecule has 4 rings (SSSR count). The molecule has 0 fully saturated rings. The van der Waals surface area contributed by atoms with E-state index in [-0.39, 0.29) is 0 Å². The number of fused-ring (bicyclic) bond motifs is 2. The maximum atomic E-state index is 6.15. The molecule has 3 heteroatoms. The van der Waals surface area contributed by atoms with Gasteiger partial charge >= 0.3 is 0 Å². The van der Waals surface area contributed by atoms with Crippen molar-refractivity contribution >= 4 is 34.1 Å². The molecule has 3 aromatic rings. The van der Waals surface area contributed by atoms with Crippen molar-refractivity contribution in [1.29, 1.82) is 0 Å². The van der Waals surface area contributed by atoms with Crippen molar-refractivity contribution in [2.24, 2.45) is 0 Å². The average molecular weight is 273 g/mol. The molecular formula is C18H15N3. The molecule has 0 atom stereocenters. The second-order valence-corrected chi connectivity index (χ2v) is 5.05. The number of rotatable bonds is 1. The molecule has 0 radical (unpaired) electrons. The van der Waals surface area contributed by atoms with Gasteiger partial charge in [-0.2, -0.15) is 0 Å². The Morgan fingerprint density at radius 1 is 0.714 bits per heavy atom. The standard InChI is InChI=1S/C18H15N3/c19-14-9-6-12-17-18(14)20-15-10-4-5-11-16(15)21(17)13-7-2-1-3-8-13/h1-12,20H,19H2. The summed E-state index contributed by atoms with van der Waals surface area (Å²) in [5.41, 5.74) is 12.2. The van der Waals surface area contributed by atoms with Crippen LogP contribution in [0.2, 0.25) is 0 Å². The van der Waals surface area contributed by atoms with E-state index in [1.165, 1.54) is 0 Å². The van der Waals surface area contributed by atoms with E-state index in [1.54, 1.807) is 0 Å². The van der Waals surface area contributed by atoms with E-state index in [0.29, 0.717) is 0 Å². The maximum absolute atomic E-state index is 6.15. The molecule has 0 unspecified atom stereocenters. The molecule has 1 heterocycles. The predicted molar refractivity (Wildman–Crippen MR) is 88.8 cm³/mol. The van der Waals surface area contributed by atoms with Crippen LogP contribution in [0.5, 0.6) is 0 Å².